The van der Waals surface area contributed by atoms with Crippen LogP contribution in [0.4, 0.5) is 5.69 Å². The van der Waals surface area contributed by atoms with E-state index >= 15 is 0 Å². The van der Waals surface area contributed by atoms with Gasteiger partial charge in [-0.05, 0) is 49.6 Å². The zero-order valence-electron chi connectivity index (χ0n) is 22.1. The van der Waals surface area contributed by atoms with Crippen molar-refractivity contribution in [3.05, 3.63) is 100 Å². The van der Waals surface area contributed by atoms with Crippen LogP contribution in [-0.4, -0.2) is 50.5 Å². The Bertz CT molecular complexity index is 1360. The van der Waals surface area contributed by atoms with Crippen LogP contribution < -0.4 is 9.62 Å². The van der Waals surface area contributed by atoms with E-state index in [1.807, 2.05) is 75.4 Å². The molecule has 0 saturated heterocycles. The first-order valence-corrected chi connectivity index (χ1v) is 14.6. The second-order valence-electron chi connectivity index (χ2n) is 9.31. The maximum atomic E-state index is 13.9. The van der Waals surface area contributed by atoms with Gasteiger partial charge in [-0.25, -0.2) is 8.42 Å². The minimum atomic E-state index is -3.84. The molecule has 0 aromatic heterocycles. The van der Waals surface area contributed by atoms with Gasteiger partial charge in [-0.1, -0.05) is 77.8 Å². The molecule has 0 aliphatic carbocycles. The maximum Gasteiger partial charge on any atom is 0.244 e. The van der Waals surface area contributed by atoms with Gasteiger partial charge in [0.25, 0.3) is 0 Å². The molecule has 0 saturated carbocycles. The Balaban J connectivity index is 2.04. The number of halogens is 1. The van der Waals surface area contributed by atoms with Crippen molar-refractivity contribution in [2.24, 2.45) is 0 Å². The van der Waals surface area contributed by atoms with Crippen molar-refractivity contribution in [2.45, 2.75) is 39.8 Å². The van der Waals surface area contributed by atoms with E-state index in [-0.39, 0.29) is 24.6 Å². The number of carbonyl (C=O) groups is 2. The van der Waals surface area contributed by atoms with Gasteiger partial charge < -0.3 is 10.2 Å². The van der Waals surface area contributed by atoms with Crippen molar-refractivity contribution < 1.29 is 18.0 Å². The van der Waals surface area contributed by atoms with E-state index in [2.05, 4.69) is 5.32 Å². The average molecular weight is 556 g/mol. The Hall–Kier alpha value is -3.36. The molecule has 0 fully saturated rings. The molecule has 38 heavy (non-hydrogen) atoms. The summed E-state index contributed by atoms with van der Waals surface area (Å²) in [5.74, 6) is -0.805. The highest BCUT2D eigenvalue weighted by molar-refractivity contribution is 7.92. The highest BCUT2D eigenvalue weighted by atomic mass is 35.5. The van der Waals surface area contributed by atoms with Crippen LogP contribution in [0.25, 0.3) is 0 Å². The van der Waals surface area contributed by atoms with Gasteiger partial charge >= 0.3 is 0 Å². The molecule has 2 amide bonds. The number of hydrogen-bond acceptors (Lipinski definition) is 4. The summed E-state index contributed by atoms with van der Waals surface area (Å²) in [5.41, 5.74) is 3.85. The highest BCUT2D eigenvalue weighted by Crippen LogP contribution is 2.25. The lowest BCUT2D eigenvalue weighted by Gasteiger charge is -2.33. The molecule has 0 unspecified atom stereocenters. The predicted molar refractivity (Wildman–Crippen MR) is 153 cm³/mol. The third-order valence-corrected chi connectivity index (χ3v) is 7.77. The number of hydrogen-bond donors (Lipinski definition) is 1. The Morgan fingerprint density at radius 3 is 2.18 bits per heavy atom. The van der Waals surface area contributed by atoms with Crippen molar-refractivity contribution in [3.8, 4) is 0 Å². The molecule has 0 aliphatic rings. The monoisotopic (exact) mass is 555 g/mol. The van der Waals surface area contributed by atoms with Crippen molar-refractivity contribution in [1.82, 2.24) is 10.2 Å². The van der Waals surface area contributed by atoms with Crippen LogP contribution in [0.2, 0.25) is 5.02 Å². The molecule has 0 radical (unpaired) electrons. The number of sulfonamides is 1. The number of likely N-dealkylation sites (N-methyl/N-ethyl adjacent to an activating group) is 1. The fourth-order valence-electron chi connectivity index (χ4n) is 4.09. The predicted octanol–water partition coefficient (Wildman–Crippen LogP) is 4.50. The number of anilines is 1. The van der Waals surface area contributed by atoms with Gasteiger partial charge in [-0.15, -0.1) is 0 Å². The minimum Gasteiger partial charge on any atom is -0.355 e. The van der Waals surface area contributed by atoms with E-state index in [1.54, 1.807) is 12.1 Å². The zero-order chi connectivity index (χ0) is 27.9. The summed E-state index contributed by atoms with van der Waals surface area (Å²) in [6.45, 7) is 5.65. The van der Waals surface area contributed by atoms with Gasteiger partial charge in [0.1, 0.15) is 12.6 Å². The van der Waals surface area contributed by atoms with Gasteiger partial charge in [0.15, 0.2) is 0 Å². The van der Waals surface area contributed by atoms with Gasteiger partial charge in [0.2, 0.25) is 21.8 Å². The number of benzene rings is 3. The molecule has 7 nitrogen and oxygen atoms in total. The van der Waals surface area contributed by atoms with Gasteiger partial charge in [-0.3, -0.25) is 13.9 Å². The average Bonchev–Trinajstić information content (AvgIpc) is 2.87. The smallest absolute Gasteiger partial charge is 0.244 e. The molecule has 3 aromatic carbocycles. The van der Waals surface area contributed by atoms with Crippen molar-refractivity contribution in [1.29, 1.82) is 0 Å². The largest absolute Gasteiger partial charge is 0.355 e. The first-order chi connectivity index (χ1) is 18.0. The first-order valence-electron chi connectivity index (χ1n) is 12.4. The number of nitrogens with one attached hydrogen (secondary N) is 1. The molecular formula is C29H34ClN3O4S. The van der Waals surface area contributed by atoms with Crippen molar-refractivity contribution >= 4 is 39.1 Å². The second-order valence-corrected chi connectivity index (χ2v) is 11.6. The molecule has 1 atom stereocenters. The summed E-state index contributed by atoms with van der Waals surface area (Å²) < 4.78 is 26.7. The number of amides is 2. The van der Waals surface area contributed by atoms with Crippen LogP contribution in [0.3, 0.4) is 0 Å². The molecule has 0 spiro atoms. The molecule has 3 rings (SSSR count). The summed E-state index contributed by atoms with van der Waals surface area (Å²) in [5, 5.41) is 3.24. The quantitative estimate of drug-likeness (QED) is 0.377. The highest BCUT2D eigenvalue weighted by Gasteiger charge is 2.32. The Morgan fingerprint density at radius 1 is 0.947 bits per heavy atom. The van der Waals surface area contributed by atoms with Crippen LogP contribution in [0.15, 0.2) is 72.8 Å². The fourth-order valence-corrected chi connectivity index (χ4v) is 5.10. The number of rotatable bonds is 11. The SMILES string of the molecule is CCNC(=O)[C@@H](Cc1ccccc1)N(Cc1ccc(C)cc1)C(=O)CN(c1ccc(C)c(Cl)c1)S(C)(=O)=O. The standard InChI is InChI=1S/C29H34ClN3O4S/c1-5-31-29(35)27(17-23-9-7-6-8-10-23)32(19-24-14-11-21(2)12-15-24)28(34)20-33(38(4,36)37)25-16-13-22(3)26(30)18-25/h6-16,18,27H,5,17,19-20H2,1-4H3,(H,31,35)/t27-/m1/s1. The van der Waals surface area contributed by atoms with Crippen LogP contribution in [0.5, 0.6) is 0 Å². The lowest BCUT2D eigenvalue weighted by molar-refractivity contribution is -0.140. The normalized spacial score (nSPS) is 12.0. The summed E-state index contributed by atoms with van der Waals surface area (Å²) >= 11 is 6.27. The zero-order valence-corrected chi connectivity index (χ0v) is 23.7. The van der Waals surface area contributed by atoms with E-state index in [1.165, 1.54) is 11.0 Å². The summed E-state index contributed by atoms with van der Waals surface area (Å²) in [7, 11) is -3.84. The number of aryl methyl sites for hydroxylation is 2. The number of nitrogens with zero attached hydrogens (tertiary/aromatic N) is 2. The second kappa shape index (κ2) is 12.9. The Kier molecular flexibility index (Phi) is 9.94. The molecular weight excluding hydrogens is 522 g/mol. The lowest BCUT2D eigenvalue weighted by Crippen LogP contribution is -2.53. The Morgan fingerprint density at radius 2 is 1.61 bits per heavy atom. The Labute approximate surface area is 230 Å². The molecule has 3 aromatic rings. The fraction of sp³-hybridized carbons (Fsp3) is 0.310. The van der Waals surface area contributed by atoms with Gasteiger partial charge in [-0.2, -0.15) is 0 Å². The molecule has 1 N–H and O–H groups in total. The van der Waals surface area contributed by atoms with E-state index < -0.39 is 28.5 Å². The van der Waals surface area contributed by atoms with E-state index in [0.717, 1.165) is 32.8 Å². The van der Waals surface area contributed by atoms with Crippen molar-refractivity contribution in [3.63, 3.8) is 0 Å². The molecule has 9 heteroatoms. The van der Waals surface area contributed by atoms with Crippen LogP contribution in [0, 0.1) is 13.8 Å². The third kappa shape index (κ3) is 7.82. The van der Waals surface area contributed by atoms with Crippen LogP contribution in [-0.2, 0) is 32.6 Å². The minimum absolute atomic E-state index is 0.139. The summed E-state index contributed by atoms with van der Waals surface area (Å²) in [6.07, 6.45) is 1.32. The molecule has 0 heterocycles. The molecule has 202 valence electrons. The van der Waals surface area contributed by atoms with Crippen molar-refractivity contribution in [2.75, 3.05) is 23.7 Å². The third-order valence-electron chi connectivity index (χ3n) is 6.22. The maximum absolute atomic E-state index is 13.9. The van der Waals surface area contributed by atoms with E-state index in [0.29, 0.717) is 11.6 Å². The lowest BCUT2D eigenvalue weighted by atomic mass is 10.0. The van der Waals surface area contributed by atoms with E-state index in [9.17, 15) is 18.0 Å². The van der Waals surface area contributed by atoms with E-state index in [4.69, 9.17) is 11.6 Å². The van der Waals surface area contributed by atoms with Gasteiger partial charge in [0.05, 0.1) is 11.9 Å². The summed E-state index contributed by atoms with van der Waals surface area (Å²) in [4.78, 5) is 28.7. The summed E-state index contributed by atoms with van der Waals surface area (Å²) in [6, 6.07) is 21.1. The number of carbonyl (C=O) groups excluding carboxylic acids is 2. The van der Waals surface area contributed by atoms with Gasteiger partial charge in [0, 0.05) is 24.5 Å². The first kappa shape index (κ1) is 29.2. The molecule has 0 bridgehead atoms. The van der Waals surface area contributed by atoms with Crippen LogP contribution in [0.1, 0.15) is 29.2 Å². The van der Waals surface area contributed by atoms with Crippen LogP contribution >= 0.6 is 11.6 Å². The topological polar surface area (TPSA) is 86.8 Å². The molecule has 0 aliphatic heterocycles.